The van der Waals surface area contributed by atoms with Crippen LogP contribution in [0.15, 0.2) is 36.4 Å². The smallest absolute Gasteiger partial charge is 0.310 e. The third kappa shape index (κ3) is 5.26. The highest BCUT2D eigenvalue weighted by molar-refractivity contribution is 6.30. The Kier molecular flexibility index (Phi) is 7.53. The summed E-state index contributed by atoms with van der Waals surface area (Å²) in [6, 6.07) is 4.16. The predicted octanol–water partition coefficient (Wildman–Crippen LogP) is 1.94. The number of halogens is 1. The highest BCUT2D eigenvalue weighted by Gasteiger charge is 2.45. The number of fused-ring (bicyclic) bond motifs is 1. The van der Waals surface area contributed by atoms with Crippen molar-refractivity contribution in [3.8, 4) is 0 Å². The molecule has 34 heavy (non-hydrogen) atoms. The van der Waals surface area contributed by atoms with Crippen LogP contribution in [0.4, 0.5) is 0 Å². The molecule has 0 saturated carbocycles. The second-order valence-corrected chi connectivity index (χ2v) is 9.04. The Balaban J connectivity index is 1.48. The molecule has 0 radical (unpaired) electrons. The molecule has 0 spiro atoms. The number of ether oxygens (including phenoxy) is 2. The van der Waals surface area contributed by atoms with Gasteiger partial charge in [-0.05, 0) is 56.9 Å². The van der Waals surface area contributed by atoms with Crippen molar-refractivity contribution in [1.29, 1.82) is 0 Å². The molecule has 0 aromatic heterocycles. The van der Waals surface area contributed by atoms with Gasteiger partial charge in [-0.1, -0.05) is 23.8 Å². The highest BCUT2D eigenvalue weighted by atomic mass is 35.5. The van der Waals surface area contributed by atoms with E-state index in [1.165, 1.54) is 0 Å². The predicted molar refractivity (Wildman–Crippen MR) is 123 cm³/mol. The van der Waals surface area contributed by atoms with Crippen molar-refractivity contribution in [2.75, 3.05) is 6.61 Å². The number of cyclic esters (lactones) is 1. The minimum atomic E-state index is -0.837. The molecule has 3 aliphatic heterocycles. The normalized spacial score (nSPS) is 28.6. The third-order valence-corrected chi connectivity index (χ3v) is 6.59. The maximum Gasteiger partial charge on any atom is 0.310 e. The van der Waals surface area contributed by atoms with E-state index < -0.39 is 30.4 Å². The number of hydrogen-bond donors (Lipinski definition) is 2. The number of rotatable bonds is 6. The van der Waals surface area contributed by atoms with Crippen LogP contribution in [-0.2, 0) is 23.9 Å². The molecular formula is C24H28ClN3O6. The zero-order valence-electron chi connectivity index (χ0n) is 18.9. The maximum absolute atomic E-state index is 13.5. The van der Waals surface area contributed by atoms with Crippen LogP contribution in [0.1, 0.15) is 49.4 Å². The van der Waals surface area contributed by atoms with E-state index in [9.17, 15) is 19.2 Å². The van der Waals surface area contributed by atoms with E-state index >= 15 is 0 Å². The number of nitrogens with one attached hydrogen (secondary N) is 2. The van der Waals surface area contributed by atoms with Crippen molar-refractivity contribution in [2.24, 2.45) is 0 Å². The van der Waals surface area contributed by atoms with Crippen LogP contribution in [0.5, 0.6) is 0 Å². The number of amides is 3. The highest BCUT2D eigenvalue weighted by Crippen LogP contribution is 2.30. The second-order valence-electron chi connectivity index (χ2n) is 8.60. The van der Waals surface area contributed by atoms with Crippen LogP contribution in [0.25, 0.3) is 0 Å². The Bertz CT molecular complexity index is 981. The first-order valence-corrected chi connectivity index (χ1v) is 11.9. The Morgan fingerprint density at radius 2 is 1.85 bits per heavy atom. The van der Waals surface area contributed by atoms with Crippen LogP contribution in [0.3, 0.4) is 0 Å². The van der Waals surface area contributed by atoms with Gasteiger partial charge >= 0.3 is 5.97 Å². The van der Waals surface area contributed by atoms with Crippen molar-refractivity contribution in [3.05, 3.63) is 47.0 Å². The van der Waals surface area contributed by atoms with E-state index in [4.69, 9.17) is 21.1 Å². The Labute approximate surface area is 202 Å². The molecule has 1 aromatic carbocycles. The molecule has 5 atom stereocenters. The zero-order chi connectivity index (χ0) is 24.2. The van der Waals surface area contributed by atoms with Gasteiger partial charge in [0, 0.05) is 23.2 Å². The van der Waals surface area contributed by atoms with Crippen molar-refractivity contribution < 1.29 is 28.7 Å². The molecule has 3 aliphatic rings. The molecular weight excluding hydrogens is 462 g/mol. The summed E-state index contributed by atoms with van der Waals surface area (Å²) in [6.07, 6.45) is 5.19. The quantitative estimate of drug-likeness (QED) is 0.466. The molecule has 10 heteroatoms. The first kappa shape index (κ1) is 24.2. The number of carbonyl (C=O) groups is 4. The summed E-state index contributed by atoms with van der Waals surface area (Å²) in [6.45, 7) is 2.11. The zero-order valence-corrected chi connectivity index (χ0v) is 19.6. The third-order valence-electron chi connectivity index (χ3n) is 6.34. The van der Waals surface area contributed by atoms with Crippen LogP contribution >= 0.6 is 11.6 Å². The number of esters is 1. The fourth-order valence-electron chi connectivity index (χ4n) is 4.68. The second kappa shape index (κ2) is 10.6. The Morgan fingerprint density at radius 3 is 2.59 bits per heavy atom. The summed E-state index contributed by atoms with van der Waals surface area (Å²) < 4.78 is 10.6. The van der Waals surface area contributed by atoms with E-state index in [0.717, 1.165) is 0 Å². The van der Waals surface area contributed by atoms with Gasteiger partial charge in [-0.3, -0.25) is 19.2 Å². The number of carbonyl (C=O) groups excluding carboxylic acids is 4. The Hall–Kier alpha value is -2.91. The van der Waals surface area contributed by atoms with Gasteiger partial charge in [-0.15, -0.1) is 0 Å². The summed E-state index contributed by atoms with van der Waals surface area (Å²) in [5.74, 6) is -1.47. The SMILES string of the molecule is CCOC1OC(=O)CC1NC(=O)[C@@H]1CC[C@H]2CC=CC[C@H](NC(=O)c3ccc(Cl)cc3)C(=O)N21. The first-order valence-electron chi connectivity index (χ1n) is 11.5. The van der Waals surface area contributed by atoms with E-state index in [1.54, 1.807) is 36.1 Å². The fourth-order valence-corrected chi connectivity index (χ4v) is 4.81. The topological polar surface area (TPSA) is 114 Å². The largest absolute Gasteiger partial charge is 0.433 e. The van der Waals surface area contributed by atoms with Crippen molar-refractivity contribution in [1.82, 2.24) is 15.5 Å². The molecule has 9 nitrogen and oxygen atoms in total. The lowest BCUT2D eigenvalue weighted by Crippen LogP contribution is -2.57. The lowest BCUT2D eigenvalue weighted by Gasteiger charge is -2.34. The molecule has 4 rings (SSSR count). The van der Waals surface area contributed by atoms with Crippen LogP contribution in [0, 0.1) is 0 Å². The van der Waals surface area contributed by atoms with E-state index in [-0.39, 0.29) is 30.2 Å². The molecule has 0 aliphatic carbocycles. The van der Waals surface area contributed by atoms with Gasteiger partial charge < -0.3 is 25.0 Å². The van der Waals surface area contributed by atoms with Crippen LogP contribution in [0.2, 0.25) is 5.02 Å². The van der Waals surface area contributed by atoms with Gasteiger partial charge in [-0.25, -0.2) is 0 Å². The van der Waals surface area contributed by atoms with Gasteiger partial charge in [0.15, 0.2) is 0 Å². The van der Waals surface area contributed by atoms with Crippen molar-refractivity contribution in [3.63, 3.8) is 0 Å². The van der Waals surface area contributed by atoms with E-state index in [2.05, 4.69) is 10.6 Å². The van der Waals surface area contributed by atoms with Gasteiger partial charge in [0.2, 0.25) is 18.1 Å². The maximum atomic E-state index is 13.5. The summed E-state index contributed by atoms with van der Waals surface area (Å²) in [5.41, 5.74) is 0.392. The standard InChI is InChI=1S/C24H28ClN3O6/c1-2-33-24-18(13-20(29)34-24)27-22(31)19-12-11-16-5-3-4-6-17(23(32)28(16)19)26-21(30)14-7-9-15(25)10-8-14/h3-4,7-10,16-19,24H,2,5-6,11-13H2,1H3,(H,26,30)(H,27,31)/t16-,17+,18?,19+,24?/m1/s1. The summed E-state index contributed by atoms with van der Waals surface area (Å²) in [7, 11) is 0. The molecule has 2 N–H and O–H groups in total. The lowest BCUT2D eigenvalue weighted by molar-refractivity contribution is -0.164. The molecule has 2 saturated heterocycles. The Morgan fingerprint density at radius 1 is 1.12 bits per heavy atom. The molecule has 2 unspecified atom stereocenters. The number of benzene rings is 1. The average molecular weight is 490 g/mol. The number of nitrogens with zero attached hydrogens (tertiary/aromatic N) is 1. The van der Waals surface area contributed by atoms with Gasteiger partial charge in [0.05, 0.1) is 6.42 Å². The van der Waals surface area contributed by atoms with Crippen LogP contribution in [-0.4, -0.2) is 65.7 Å². The molecule has 0 bridgehead atoms. The molecule has 3 heterocycles. The summed E-state index contributed by atoms with van der Waals surface area (Å²) >= 11 is 5.90. The molecule has 3 amide bonds. The minimum absolute atomic E-state index is 0.0169. The summed E-state index contributed by atoms with van der Waals surface area (Å²) in [5, 5.41) is 6.16. The summed E-state index contributed by atoms with van der Waals surface area (Å²) in [4.78, 5) is 52.8. The van der Waals surface area contributed by atoms with Gasteiger partial charge in [-0.2, -0.15) is 0 Å². The molecule has 1 aromatic rings. The van der Waals surface area contributed by atoms with Gasteiger partial charge in [0.1, 0.15) is 18.1 Å². The molecule has 182 valence electrons. The number of hydrogen-bond acceptors (Lipinski definition) is 6. The van der Waals surface area contributed by atoms with Crippen molar-refractivity contribution >= 4 is 35.3 Å². The van der Waals surface area contributed by atoms with E-state index in [0.29, 0.717) is 42.9 Å². The van der Waals surface area contributed by atoms with E-state index in [1.807, 2.05) is 12.2 Å². The first-order chi connectivity index (χ1) is 16.4. The lowest BCUT2D eigenvalue weighted by atomic mass is 10.0. The fraction of sp³-hybridized carbons (Fsp3) is 0.500. The monoisotopic (exact) mass is 489 g/mol. The van der Waals surface area contributed by atoms with Crippen LogP contribution < -0.4 is 10.6 Å². The average Bonchev–Trinajstić information content (AvgIpc) is 3.37. The van der Waals surface area contributed by atoms with Gasteiger partial charge in [0.25, 0.3) is 5.91 Å². The minimum Gasteiger partial charge on any atom is -0.433 e. The molecule has 2 fully saturated rings. The van der Waals surface area contributed by atoms with Crippen molar-refractivity contribution in [2.45, 2.75) is 69.5 Å².